The second-order valence-electron chi connectivity index (χ2n) is 7.46. The third-order valence-electron chi connectivity index (χ3n) is 4.75. The highest BCUT2D eigenvalue weighted by molar-refractivity contribution is 5.60. The number of aryl methyl sites for hydroxylation is 1. The topological polar surface area (TPSA) is 100 Å². The Bertz CT molecular complexity index is 902. The predicted octanol–water partition coefficient (Wildman–Crippen LogP) is 2.16. The molecule has 1 fully saturated rings. The first kappa shape index (κ1) is 17.0. The number of aromatic amines is 1. The Labute approximate surface area is 151 Å². The average Bonchev–Trinajstić information content (AvgIpc) is 3.20. The van der Waals surface area contributed by atoms with Gasteiger partial charge in [0.25, 0.3) is 0 Å². The Kier molecular flexibility index (Phi) is 4.16. The van der Waals surface area contributed by atoms with Crippen molar-refractivity contribution in [3.8, 4) is 11.4 Å². The number of hydrogen-bond acceptors (Lipinski definition) is 6. The fourth-order valence-electron chi connectivity index (χ4n) is 3.31. The first-order valence-corrected chi connectivity index (χ1v) is 8.88. The van der Waals surface area contributed by atoms with Crippen molar-refractivity contribution in [1.29, 1.82) is 0 Å². The van der Waals surface area contributed by atoms with E-state index in [-0.39, 0.29) is 12.1 Å². The molecule has 4 rings (SSSR count). The number of nitrogens with zero attached hydrogens (tertiary/aromatic N) is 4. The van der Waals surface area contributed by atoms with Gasteiger partial charge in [-0.2, -0.15) is 5.10 Å². The number of H-pyrrole nitrogens is 1. The minimum Gasteiger partial charge on any atom is -0.388 e. The van der Waals surface area contributed by atoms with Gasteiger partial charge >= 0.3 is 0 Å². The van der Waals surface area contributed by atoms with Crippen LogP contribution in [-0.4, -0.2) is 54.3 Å². The molecule has 138 valence electrons. The fraction of sp³-hybridized carbons (Fsp3) is 0.500. The summed E-state index contributed by atoms with van der Waals surface area (Å²) in [6.07, 6.45) is 3.38. The molecule has 0 aliphatic carbocycles. The molecule has 8 nitrogen and oxygen atoms in total. The molecule has 8 heteroatoms. The zero-order valence-electron chi connectivity index (χ0n) is 15.2. The summed E-state index contributed by atoms with van der Waals surface area (Å²) in [4.78, 5) is 4.40. The Balaban J connectivity index is 1.51. The van der Waals surface area contributed by atoms with Gasteiger partial charge in [0.05, 0.1) is 30.6 Å². The molecule has 3 aromatic rings. The summed E-state index contributed by atoms with van der Waals surface area (Å²) in [5, 5.41) is 25.4. The van der Waals surface area contributed by atoms with Crippen LogP contribution in [0.15, 0.2) is 24.4 Å². The number of ether oxygens (including phenoxy) is 1. The van der Waals surface area contributed by atoms with Crippen molar-refractivity contribution in [3.05, 3.63) is 30.1 Å². The highest BCUT2D eigenvalue weighted by Gasteiger charge is 2.32. The van der Waals surface area contributed by atoms with Crippen molar-refractivity contribution in [2.75, 3.05) is 11.9 Å². The van der Waals surface area contributed by atoms with Crippen LogP contribution in [-0.2, 0) is 4.74 Å². The average molecular weight is 356 g/mol. The molecule has 0 aromatic carbocycles. The van der Waals surface area contributed by atoms with E-state index in [0.717, 1.165) is 41.4 Å². The van der Waals surface area contributed by atoms with E-state index >= 15 is 0 Å². The minimum atomic E-state index is -0.810. The van der Waals surface area contributed by atoms with Gasteiger partial charge in [-0.3, -0.25) is 5.10 Å². The van der Waals surface area contributed by atoms with Crippen molar-refractivity contribution < 1.29 is 9.84 Å². The van der Waals surface area contributed by atoms with Crippen LogP contribution in [0.2, 0.25) is 0 Å². The normalized spacial score (nSPS) is 21.2. The van der Waals surface area contributed by atoms with Crippen molar-refractivity contribution in [2.45, 2.75) is 51.4 Å². The van der Waals surface area contributed by atoms with Gasteiger partial charge in [0, 0.05) is 5.69 Å². The van der Waals surface area contributed by atoms with Gasteiger partial charge in [-0.1, -0.05) is 0 Å². The van der Waals surface area contributed by atoms with Gasteiger partial charge in [0.1, 0.15) is 17.2 Å². The Morgan fingerprint density at radius 2 is 2.19 bits per heavy atom. The minimum absolute atomic E-state index is 0.126. The third-order valence-corrected chi connectivity index (χ3v) is 4.75. The van der Waals surface area contributed by atoms with E-state index in [0.29, 0.717) is 6.61 Å². The molecule has 0 amide bonds. The first-order chi connectivity index (χ1) is 12.4. The van der Waals surface area contributed by atoms with Crippen LogP contribution in [0.3, 0.4) is 0 Å². The lowest BCUT2D eigenvalue weighted by Crippen LogP contribution is -2.45. The Morgan fingerprint density at radius 3 is 2.85 bits per heavy atom. The molecule has 0 radical (unpaired) electrons. The van der Waals surface area contributed by atoms with Crippen LogP contribution in [0.5, 0.6) is 0 Å². The maximum atomic E-state index is 10.1. The smallest absolute Gasteiger partial charge is 0.154 e. The summed E-state index contributed by atoms with van der Waals surface area (Å²) < 4.78 is 7.61. The lowest BCUT2D eigenvalue weighted by molar-refractivity contribution is -0.110. The standard InChI is InChI=1S/C18H24N6O2/c1-11-8-13(22-21-11)14-9-19-17-7-6-16(23-24(14)17)20-12-4-5-15(26-10-12)18(2,3)25/h6-9,12,15,25H,4-5,10H2,1-3H3,(H,20,23)(H,21,22)/t12-,15+/m1/s1. The summed E-state index contributed by atoms with van der Waals surface area (Å²) in [5.41, 5.74) is 2.61. The maximum Gasteiger partial charge on any atom is 0.154 e. The van der Waals surface area contributed by atoms with Crippen LogP contribution in [0.1, 0.15) is 32.4 Å². The highest BCUT2D eigenvalue weighted by atomic mass is 16.5. The van der Waals surface area contributed by atoms with Crippen LogP contribution < -0.4 is 5.32 Å². The molecule has 0 bridgehead atoms. The van der Waals surface area contributed by atoms with E-state index in [9.17, 15) is 5.11 Å². The summed E-state index contributed by atoms with van der Waals surface area (Å²) in [6.45, 7) is 6.09. The monoisotopic (exact) mass is 356 g/mol. The molecule has 0 unspecified atom stereocenters. The molecule has 1 aliphatic rings. The lowest BCUT2D eigenvalue weighted by Gasteiger charge is -2.36. The van der Waals surface area contributed by atoms with Crippen molar-refractivity contribution in [2.24, 2.45) is 0 Å². The predicted molar refractivity (Wildman–Crippen MR) is 98.0 cm³/mol. The van der Waals surface area contributed by atoms with Crippen LogP contribution in [0.4, 0.5) is 5.82 Å². The number of rotatable bonds is 4. The van der Waals surface area contributed by atoms with E-state index in [1.54, 1.807) is 24.6 Å². The summed E-state index contributed by atoms with van der Waals surface area (Å²) in [5.74, 6) is 0.763. The highest BCUT2D eigenvalue weighted by Crippen LogP contribution is 2.25. The number of nitrogens with one attached hydrogen (secondary N) is 2. The fourth-order valence-corrected chi connectivity index (χ4v) is 3.31. The zero-order valence-corrected chi connectivity index (χ0v) is 15.2. The molecule has 3 aromatic heterocycles. The maximum absolute atomic E-state index is 10.1. The Hall–Kier alpha value is -2.45. The zero-order chi connectivity index (χ0) is 18.3. The van der Waals surface area contributed by atoms with Gasteiger partial charge in [-0.05, 0) is 51.8 Å². The number of anilines is 1. The van der Waals surface area contributed by atoms with Gasteiger partial charge < -0.3 is 15.2 Å². The van der Waals surface area contributed by atoms with Crippen molar-refractivity contribution in [3.63, 3.8) is 0 Å². The number of aliphatic hydroxyl groups is 1. The number of fused-ring (bicyclic) bond motifs is 1. The quantitative estimate of drug-likeness (QED) is 0.662. The van der Waals surface area contributed by atoms with E-state index in [2.05, 4.69) is 25.6 Å². The van der Waals surface area contributed by atoms with Crippen LogP contribution in [0, 0.1) is 6.92 Å². The molecule has 2 atom stereocenters. The first-order valence-electron chi connectivity index (χ1n) is 8.88. The third kappa shape index (κ3) is 3.30. The second-order valence-corrected chi connectivity index (χ2v) is 7.46. The van der Waals surface area contributed by atoms with E-state index in [4.69, 9.17) is 4.74 Å². The van der Waals surface area contributed by atoms with E-state index in [1.807, 2.05) is 25.1 Å². The molecule has 0 spiro atoms. The van der Waals surface area contributed by atoms with Gasteiger partial charge in [0.15, 0.2) is 5.65 Å². The number of hydrogen-bond donors (Lipinski definition) is 3. The molecule has 1 aliphatic heterocycles. The molecule has 0 saturated carbocycles. The summed E-state index contributed by atoms with van der Waals surface area (Å²) >= 11 is 0. The molecule has 3 N–H and O–H groups in total. The number of imidazole rings is 1. The molecular formula is C18H24N6O2. The largest absolute Gasteiger partial charge is 0.388 e. The van der Waals surface area contributed by atoms with E-state index in [1.165, 1.54) is 0 Å². The van der Waals surface area contributed by atoms with Gasteiger partial charge in [-0.15, -0.1) is 5.10 Å². The summed E-state index contributed by atoms with van der Waals surface area (Å²) in [7, 11) is 0. The molecule has 4 heterocycles. The molecule has 1 saturated heterocycles. The van der Waals surface area contributed by atoms with Crippen LogP contribution in [0.25, 0.3) is 17.0 Å². The van der Waals surface area contributed by atoms with Crippen molar-refractivity contribution in [1.82, 2.24) is 24.8 Å². The van der Waals surface area contributed by atoms with Gasteiger partial charge in [0.2, 0.25) is 0 Å². The van der Waals surface area contributed by atoms with Crippen molar-refractivity contribution >= 4 is 11.5 Å². The Morgan fingerprint density at radius 1 is 1.35 bits per heavy atom. The number of aromatic nitrogens is 5. The molecular weight excluding hydrogens is 332 g/mol. The van der Waals surface area contributed by atoms with Crippen LogP contribution >= 0.6 is 0 Å². The van der Waals surface area contributed by atoms with E-state index < -0.39 is 5.60 Å². The second kappa shape index (κ2) is 6.37. The van der Waals surface area contributed by atoms with Gasteiger partial charge in [-0.25, -0.2) is 9.50 Å². The summed E-state index contributed by atoms with van der Waals surface area (Å²) in [6, 6.07) is 5.99. The lowest BCUT2D eigenvalue weighted by atomic mass is 9.93. The SMILES string of the molecule is Cc1cc(-c2cnc3ccc(N[C@@H]4CC[C@@H](C(C)(C)O)OC4)nn23)n[nH]1. The molecule has 26 heavy (non-hydrogen) atoms.